The maximum absolute atomic E-state index is 12.0. The fourth-order valence-corrected chi connectivity index (χ4v) is 5.76. The van der Waals surface area contributed by atoms with Crippen LogP contribution in [-0.2, 0) is 33.3 Å². The second-order valence-corrected chi connectivity index (χ2v) is 11.2. The Balaban J connectivity index is 2.18. The van der Waals surface area contributed by atoms with Crippen LogP contribution in [0.4, 0.5) is 0 Å². The molecular weight excluding hydrogens is 512 g/mol. The highest BCUT2D eigenvalue weighted by atomic mass is 16.7. The molecule has 2 fully saturated rings. The van der Waals surface area contributed by atoms with Gasteiger partial charge in [0.25, 0.3) is 0 Å². The Hall–Kier alpha value is -2.19. The Morgan fingerprint density at radius 1 is 1.02 bits per heavy atom. The first kappa shape index (κ1) is 34.0. The van der Waals surface area contributed by atoms with Gasteiger partial charge in [-0.3, -0.25) is 14.4 Å². The van der Waals surface area contributed by atoms with Crippen molar-refractivity contribution < 1.29 is 38.4 Å². The van der Waals surface area contributed by atoms with E-state index >= 15 is 0 Å². The number of hydrogen-bond donors (Lipinski definition) is 1. The molecule has 0 aromatic heterocycles. The average Bonchev–Trinajstić information content (AvgIpc) is 3.23. The summed E-state index contributed by atoms with van der Waals surface area (Å²) >= 11 is 0. The van der Waals surface area contributed by atoms with Crippen LogP contribution < -0.4 is 0 Å². The number of allylic oxidation sites excluding steroid dienone is 3. The number of carboxylic acid groups (broad SMARTS) is 1. The number of carbonyl (C=O) groups excluding carboxylic acids is 2. The van der Waals surface area contributed by atoms with Crippen molar-refractivity contribution >= 4 is 17.9 Å². The molecule has 8 nitrogen and oxygen atoms in total. The first-order valence-electron chi connectivity index (χ1n) is 15.4. The van der Waals surface area contributed by atoms with Crippen LogP contribution in [0.1, 0.15) is 111 Å². The number of ether oxygens (including phenoxy) is 4. The number of unbranched alkanes of at least 4 members (excludes halogenated alkanes) is 5. The van der Waals surface area contributed by atoms with E-state index in [1.807, 2.05) is 6.08 Å². The standard InChI is InChI=1S/C32H52O8/c1-4-5-6-7-10-15-27(40-32-18-13-14-21-37-32)19-20-28-26(23-38-24(2)33)22-30(39-25(3)34)29(28)16-11-8-9-12-17-31(35)36/h8,11,19-20,26-30,32H,4-7,9-10,12-18,21-23H2,1-3H3,(H,35,36)/b11-8-,20-19+/t26-,27?,28-,29+,30?,32?/m0/s1. The van der Waals surface area contributed by atoms with Gasteiger partial charge in [-0.25, -0.2) is 0 Å². The molecule has 0 amide bonds. The Labute approximate surface area is 240 Å². The van der Waals surface area contributed by atoms with Gasteiger partial charge in [-0.2, -0.15) is 0 Å². The van der Waals surface area contributed by atoms with E-state index in [0.29, 0.717) is 25.7 Å². The van der Waals surface area contributed by atoms with Crippen LogP contribution in [0.5, 0.6) is 0 Å². The van der Waals surface area contributed by atoms with Gasteiger partial charge in [-0.15, -0.1) is 0 Å². The fraction of sp³-hybridized carbons (Fsp3) is 0.781. The Bertz CT molecular complexity index is 801. The summed E-state index contributed by atoms with van der Waals surface area (Å²) in [5.41, 5.74) is 0. The molecule has 8 heteroatoms. The highest BCUT2D eigenvalue weighted by molar-refractivity contribution is 5.67. The predicted octanol–water partition coefficient (Wildman–Crippen LogP) is 6.76. The molecule has 1 N–H and O–H groups in total. The normalized spacial score (nSPS) is 25.8. The predicted molar refractivity (Wildman–Crippen MR) is 153 cm³/mol. The van der Waals surface area contributed by atoms with Crippen molar-refractivity contribution in [3.05, 3.63) is 24.3 Å². The highest BCUT2D eigenvalue weighted by Crippen LogP contribution is 2.43. The third-order valence-electron chi connectivity index (χ3n) is 7.81. The third-order valence-corrected chi connectivity index (χ3v) is 7.81. The van der Waals surface area contributed by atoms with Gasteiger partial charge < -0.3 is 24.1 Å². The minimum Gasteiger partial charge on any atom is -0.481 e. The van der Waals surface area contributed by atoms with Gasteiger partial charge in [0.2, 0.25) is 0 Å². The second-order valence-electron chi connectivity index (χ2n) is 11.2. The van der Waals surface area contributed by atoms with Gasteiger partial charge in [0.05, 0.1) is 12.7 Å². The lowest BCUT2D eigenvalue weighted by atomic mass is 9.86. The quantitative estimate of drug-likeness (QED) is 0.104. The van der Waals surface area contributed by atoms with Crippen molar-refractivity contribution in [2.24, 2.45) is 17.8 Å². The summed E-state index contributed by atoms with van der Waals surface area (Å²) in [6.07, 6.45) is 20.5. The van der Waals surface area contributed by atoms with Gasteiger partial charge in [-0.1, -0.05) is 63.3 Å². The van der Waals surface area contributed by atoms with Gasteiger partial charge in [0, 0.05) is 38.7 Å². The lowest BCUT2D eigenvalue weighted by Gasteiger charge is -2.27. The van der Waals surface area contributed by atoms with Crippen molar-refractivity contribution in [3.63, 3.8) is 0 Å². The summed E-state index contributed by atoms with van der Waals surface area (Å²) in [6.45, 7) is 6.06. The minimum absolute atomic E-state index is 0.0195. The first-order valence-corrected chi connectivity index (χ1v) is 15.4. The zero-order chi connectivity index (χ0) is 29.2. The van der Waals surface area contributed by atoms with E-state index in [1.165, 1.54) is 39.5 Å². The number of carboxylic acids is 1. The van der Waals surface area contributed by atoms with Crippen molar-refractivity contribution in [2.45, 2.75) is 129 Å². The zero-order valence-electron chi connectivity index (χ0n) is 24.9. The van der Waals surface area contributed by atoms with E-state index in [-0.39, 0.29) is 61.2 Å². The summed E-state index contributed by atoms with van der Waals surface area (Å²) < 4.78 is 23.5. The van der Waals surface area contributed by atoms with Crippen LogP contribution >= 0.6 is 0 Å². The smallest absolute Gasteiger partial charge is 0.303 e. The highest BCUT2D eigenvalue weighted by Gasteiger charge is 2.43. The van der Waals surface area contributed by atoms with Crippen molar-refractivity contribution in [1.29, 1.82) is 0 Å². The van der Waals surface area contributed by atoms with Crippen LogP contribution in [0, 0.1) is 17.8 Å². The molecule has 0 aromatic carbocycles. The monoisotopic (exact) mass is 564 g/mol. The Morgan fingerprint density at radius 2 is 1.82 bits per heavy atom. The molecule has 228 valence electrons. The van der Waals surface area contributed by atoms with Crippen molar-refractivity contribution in [2.75, 3.05) is 13.2 Å². The Morgan fingerprint density at radius 3 is 2.50 bits per heavy atom. The molecule has 40 heavy (non-hydrogen) atoms. The number of aliphatic carboxylic acids is 1. The molecule has 3 unspecified atom stereocenters. The van der Waals surface area contributed by atoms with Gasteiger partial charge >= 0.3 is 17.9 Å². The van der Waals surface area contributed by atoms with Gasteiger partial charge in [0.1, 0.15) is 6.10 Å². The summed E-state index contributed by atoms with van der Waals surface area (Å²) in [7, 11) is 0. The second kappa shape index (κ2) is 19.8. The molecule has 0 radical (unpaired) electrons. The third kappa shape index (κ3) is 13.9. The topological polar surface area (TPSA) is 108 Å². The molecule has 2 rings (SSSR count). The van der Waals surface area contributed by atoms with E-state index in [1.54, 1.807) is 0 Å². The molecule has 1 saturated heterocycles. The summed E-state index contributed by atoms with van der Waals surface area (Å²) in [5.74, 6) is -1.36. The summed E-state index contributed by atoms with van der Waals surface area (Å²) in [6, 6.07) is 0. The molecule has 1 aliphatic carbocycles. The number of carbonyl (C=O) groups is 3. The van der Waals surface area contributed by atoms with E-state index < -0.39 is 5.97 Å². The molecule has 0 spiro atoms. The zero-order valence-corrected chi connectivity index (χ0v) is 24.9. The van der Waals surface area contributed by atoms with Crippen molar-refractivity contribution in [1.82, 2.24) is 0 Å². The SMILES string of the molecule is CCCCCCCC(/C=C/[C@H]1[C@H](COC(C)=O)CC(OC(C)=O)[C@@H]1C/C=C\CCCC(=O)O)OC1CCCCO1. The van der Waals surface area contributed by atoms with E-state index in [9.17, 15) is 14.4 Å². The number of rotatable bonds is 19. The van der Waals surface area contributed by atoms with Crippen molar-refractivity contribution in [3.8, 4) is 0 Å². The molecule has 0 aromatic rings. The first-order chi connectivity index (χ1) is 19.3. The van der Waals surface area contributed by atoms with Crippen LogP contribution in [0.3, 0.4) is 0 Å². The molecular formula is C32H52O8. The molecule has 1 heterocycles. The summed E-state index contributed by atoms with van der Waals surface area (Å²) in [5, 5.41) is 8.88. The van der Waals surface area contributed by atoms with E-state index in [4.69, 9.17) is 24.1 Å². The fourth-order valence-electron chi connectivity index (χ4n) is 5.76. The van der Waals surface area contributed by atoms with Crippen LogP contribution in [0.2, 0.25) is 0 Å². The maximum atomic E-state index is 12.0. The summed E-state index contributed by atoms with van der Waals surface area (Å²) in [4.78, 5) is 34.4. The molecule has 1 saturated carbocycles. The van der Waals surface area contributed by atoms with E-state index in [2.05, 4.69) is 25.2 Å². The van der Waals surface area contributed by atoms with E-state index in [0.717, 1.165) is 38.7 Å². The van der Waals surface area contributed by atoms with Gasteiger partial charge in [-0.05, 0) is 57.3 Å². The lowest BCUT2D eigenvalue weighted by molar-refractivity contribution is -0.179. The largest absolute Gasteiger partial charge is 0.481 e. The number of esters is 2. The van der Waals surface area contributed by atoms with Crippen LogP contribution in [0.25, 0.3) is 0 Å². The maximum Gasteiger partial charge on any atom is 0.303 e. The molecule has 1 aliphatic heterocycles. The van der Waals surface area contributed by atoms with Gasteiger partial charge in [0.15, 0.2) is 6.29 Å². The molecule has 2 aliphatic rings. The minimum atomic E-state index is -0.793. The average molecular weight is 565 g/mol. The van der Waals surface area contributed by atoms with Crippen LogP contribution in [-0.4, -0.2) is 54.7 Å². The molecule has 0 bridgehead atoms. The van der Waals surface area contributed by atoms with Crippen LogP contribution in [0.15, 0.2) is 24.3 Å². The Kier molecular flexibility index (Phi) is 16.8. The molecule has 6 atom stereocenters. The lowest BCUT2D eigenvalue weighted by Crippen LogP contribution is -2.28. The number of hydrogen-bond acceptors (Lipinski definition) is 7.